The molecule has 0 radical (unpaired) electrons. The van der Waals surface area contributed by atoms with Crippen LogP contribution in [0.5, 0.6) is 34.5 Å². The molecule has 0 aliphatic heterocycles. The number of methoxy groups -OCH3 is 5. The first-order valence-corrected chi connectivity index (χ1v) is 41.4. The van der Waals surface area contributed by atoms with Crippen molar-refractivity contribution in [2.45, 2.75) is 30.6 Å². The van der Waals surface area contributed by atoms with Crippen LogP contribution in [0.25, 0.3) is 98.7 Å². The minimum atomic E-state index is -0.601. The normalized spacial score (nSPS) is 12.5. The van der Waals surface area contributed by atoms with Gasteiger partial charge in [0.25, 0.3) is 0 Å². The molecule has 602 valence electrons. The zero-order valence-corrected chi connectivity index (χ0v) is 69.0. The Bertz CT molecular complexity index is 5820. The third-order valence-electron chi connectivity index (χ3n) is 22.9. The van der Waals surface area contributed by atoms with Crippen molar-refractivity contribution in [3.05, 3.63) is 384 Å². The summed E-state index contributed by atoms with van der Waals surface area (Å²) in [4.78, 5) is 0. The van der Waals surface area contributed by atoms with E-state index in [0.29, 0.717) is 66.1 Å². The molecule has 0 aromatic heterocycles. The molecule has 0 N–H and O–H groups in total. The van der Waals surface area contributed by atoms with Gasteiger partial charge < -0.3 is 52.1 Å². The summed E-state index contributed by atoms with van der Waals surface area (Å²) in [5.74, 6) is 5.09. The summed E-state index contributed by atoms with van der Waals surface area (Å²) in [6, 6.07) is 121. The predicted molar refractivity (Wildman–Crippen MR) is 488 cm³/mol. The first-order chi connectivity index (χ1) is 59.3. The largest absolute Gasteiger partial charge is 0.494 e. The van der Waals surface area contributed by atoms with Gasteiger partial charge in [0.1, 0.15) is 67.5 Å². The van der Waals surface area contributed by atoms with Crippen LogP contribution in [-0.2, 0) is 34.5 Å². The fourth-order valence-electron chi connectivity index (χ4n) is 17.4. The van der Waals surface area contributed by atoms with Gasteiger partial charge in [-0.2, -0.15) is 0 Å². The Morgan fingerprint density at radius 3 is 0.892 bits per heavy atom. The minimum Gasteiger partial charge on any atom is -0.494 e. The molecule has 18 rings (SSSR count). The number of hydrogen-bond donors (Lipinski definition) is 0. The molecule has 2 aliphatic rings. The highest BCUT2D eigenvalue weighted by Gasteiger charge is 2.48. The maximum atomic E-state index is 6.31. The monoisotopic (exact) mass is 1580 g/mol. The lowest BCUT2D eigenvalue weighted by molar-refractivity contribution is 0.146. The van der Waals surface area contributed by atoms with Crippen LogP contribution in [0.1, 0.15) is 64.3 Å². The number of rotatable bonds is 31. The first-order valence-electron chi connectivity index (χ1n) is 41.4. The molecule has 0 spiro atoms. The molecule has 0 saturated carbocycles. The van der Waals surface area contributed by atoms with E-state index in [1.807, 2.05) is 24.3 Å². The van der Waals surface area contributed by atoms with Gasteiger partial charge >= 0.3 is 0 Å². The van der Waals surface area contributed by atoms with E-state index < -0.39 is 10.8 Å². The minimum absolute atomic E-state index is 0.459. The van der Waals surface area contributed by atoms with E-state index in [-0.39, 0.29) is 0 Å². The van der Waals surface area contributed by atoms with Crippen molar-refractivity contribution in [3.63, 3.8) is 0 Å². The summed E-state index contributed by atoms with van der Waals surface area (Å²) in [5.41, 5.74) is 20.3. The smallest absolute Gasteiger partial charge is 0.128 e. The van der Waals surface area contributed by atoms with Crippen molar-refractivity contribution in [1.29, 1.82) is 0 Å². The second-order valence-corrected chi connectivity index (χ2v) is 30.0. The lowest BCUT2D eigenvalue weighted by Crippen LogP contribution is -2.29. The Labute approximate surface area is 704 Å². The van der Waals surface area contributed by atoms with Crippen LogP contribution in [-0.4, -0.2) is 108 Å². The molecule has 0 heterocycles. The molecule has 0 amide bonds. The molecule has 120 heavy (non-hydrogen) atoms. The highest BCUT2D eigenvalue weighted by molar-refractivity contribution is 6.10. The van der Waals surface area contributed by atoms with Crippen molar-refractivity contribution in [2.75, 3.05) is 108 Å². The molecule has 11 heteroatoms. The molecule has 16 aromatic carbocycles. The quantitative estimate of drug-likeness (QED) is 0.0388. The van der Waals surface area contributed by atoms with Crippen molar-refractivity contribution >= 4 is 43.1 Å². The Balaban J connectivity index is 0.000000137. The molecule has 0 unspecified atom stereocenters. The summed E-state index contributed by atoms with van der Waals surface area (Å²) in [7, 11) is 8.44. The fraction of sp³-hybridized carbons (Fsp3) is 0.193. The maximum absolute atomic E-state index is 6.31. The van der Waals surface area contributed by atoms with E-state index in [4.69, 9.17) is 52.1 Å². The number of hydrogen-bond acceptors (Lipinski definition) is 11. The standard InChI is InChI=1S/C43H38O4.C40H36O3.C26H26O4/c1-44-25-27-46-41-23-21-33(29-37(41)31-13-5-3-6-14-31)43(39-19-11-9-17-35(39)36-18-10-12-20-40(36)43)34-22-24-42(47-28-26-45-2)38(30-34)32-15-7-4-8-16-32;1-3-4-21-42-34-19-15-28-24-32(17-13-30(28)26-34)40(38-11-7-5-9-36(38)37-10-6-8-12-39(37)40)33-18-14-31-27-35(43-23-22-41-2)20-16-29(31)25-33;1-27-15-17-29-23-13-11-19-7-3-5-9-21(19)25(23)26-22-10-6-4-8-20(22)12-14-24(26)30-18-16-28-2/h3-24,29-30H,25-28H2,1-2H3;5-20,24-27H,3-4,21-23H2,1-2H3;3-14H,15-18H2,1-2H3. The molecular weight excluding hydrogens is 1490 g/mol. The Hall–Kier alpha value is -12.8. The highest BCUT2D eigenvalue weighted by Crippen LogP contribution is 2.60. The average Bonchev–Trinajstić information content (AvgIpc) is 1.54. The Kier molecular flexibility index (Phi) is 25.8. The van der Waals surface area contributed by atoms with Crippen LogP contribution in [0.15, 0.2) is 340 Å². The van der Waals surface area contributed by atoms with Crippen molar-refractivity contribution in [3.8, 4) is 90.1 Å². The van der Waals surface area contributed by atoms with Gasteiger partial charge in [-0.1, -0.05) is 280 Å². The van der Waals surface area contributed by atoms with Crippen LogP contribution < -0.4 is 28.4 Å². The van der Waals surface area contributed by atoms with Crippen LogP contribution in [0.3, 0.4) is 0 Å². The summed E-state index contributed by atoms with van der Waals surface area (Å²) in [6.07, 6.45) is 2.19. The zero-order chi connectivity index (χ0) is 82.0. The van der Waals surface area contributed by atoms with Crippen LogP contribution >= 0.6 is 0 Å². The molecular formula is C109H100O11. The lowest BCUT2D eigenvalue weighted by Gasteiger charge is -2.35. The second kappa shape index (κ2) is 38.3. The van der Waals surface area contributed by atoms with Crippen LogP contribution in [0, 0.1) is 0 Å². The van der Waals surface area contributed by atoms with Crippen molar-refractivity contribution in [1.82, 2.24) is 0 Å². The van der Waals surface area contributed by atoms with E-state index in [2.05, 4.69) is 322 Å². The van der Waals surface area contributed by atoms with Gasteiger partial charge in [0, 0.05) is 57.8 Å². The van der Waals surface area contributed by atoms with Crippen LogP contribution in [0.2, 0.25) is 0 Å². The first kappa shape index (κ1) is 80.9. The van der Waals surface area contributed by atoms with E-state index >= 15 is 0 Å². The van der Waals surface area contributed by atoms with Crippen LogP contribution in [0.4, 0.5) is 0 Å². The van der Waals surface area contributed by atoms with Gasteiger partial charge in [-0.3, -0.25) is 0 Å². The maximum Gasteiger partial charge on any atom is 0.128 e. The molecule has 11 nitrogen and oxygen atoms in total. The summed E-state index contributed by atoms with van der Waals surface area (Å²) in [5, 5.41) is 9.30. The zero-order valence-electron chi connectivity index (χ0n) is 69.0. The van der Waals surface area contributed by atoms with Gasteiger partial charge in [-0.15, -0.1) is 0 Å². The van der Waals surface area contributed by atoms with E-state index in [1.54, 1.807) is 35.5 Å². The SMILES string of the molecule is CCCCOc1ccc2cc(C3(c4ccc5cc(OCCOC)ccc5c4)c4ccccc4-c4ccccc43)ccc2c1.COCCOc1ccc(C2(c3ccc(OCCOC)c(-c4ccccc4)c3)c3ccccc3-c3ccccc32)cc1-c1ccccc1.COCCOc1ccc2ccccc2c1-c1c(OCCOC)ccc2ccccc12. The van der Waals surface area contributed by atoms with Crippen molar-refractivity contribution < 1.29 is 52.1 Å². The van der Waals surface area contributed by atoms with E-state index in [0.717, 1.165) is 114 Å². The molecule has 0 saturated heterocycles. The van der Waals surface area contributed by atoms with E-state index in [1.165, 1.54) is 82.9 Å². The number of unbranched alkanes of at least 4 members (excludes halogenated alkanes) is 1. The number of fused-ring (bicyclic) bond motifs is 10. The van der Waals surface area contributed by atoms with Gasteiger partial charge in [0.15, 0.2) is 0 Å². The highest BCUT2D eigenvalue weighted by atomic mass is 16.5. The molecule has 0 fully saturated rings. The summed E-state index contributed by atoms with van der Waals surface area (Å²) >= 11 is 0. The summed E-state index contributed by atoms with van der Waals surface area (Å²) in [6.45, 7) is 8.02. The Morgan fingerprint density at radius 1 is 0.217 bits per heavy atom. The fourth-order valence-corrected chi connectivity index (χ4v) is 17.4. The van der Waals surface area contributed by atoms with Gasteiger partial charge in [-0.25, -0.2) is 0 Å². The topological polar surface area (TPSA) is 102 Å². The number of ether oxygens (including phenoxy) is 11. The second-order valence-electron chi connectivity index (χ2n) is 30.0. The number of benzene rings is 16. The van der Waals surface area contributed by atoms with Crippen molar-refractivity contribution in [2.24, 2.45) is 0 Å². The average molecular weight is 1590 g/mol. The summed E-state index contributed by atoms with van der Waals surface area (Å²) < 4.78 is 63.1. The van der Waals surface area contributed by atoms with Gasteiger partial charge in [-0.05, 0) is 200 Å². The third-order valence-corrected chi connectivity index (χ3v) is 22.9. The third kappa shape index (κ3) is 16.5. The molecule has 0 atom stereocenters. The molecule has 16 aromatic rings. The molecule has 2 aliphatic carbocycles. The van der Waals surface area contributed by atoms with Gasteiger partial charge in [0.05, 0.1) is 50.5 Å². The Morgan fingerprint density at radius 2 is 0.508 bits per heavy atom. The van der Waals surface area contributed by atoms with Gasteiger partial charge in [0.2, 0.25) is 0 Å². The predicted octanol–water partition coefficient (Wildman–Crippen LogP) is 24.7. The molecule has 0 bridgehead atoms. The lowest BCUT2D eigenvalue weighted by atomic mass is 9.67. The van der Waals surface area contributed by atoms with E-state index in [9.17, 15) is 0 Å².